The lowest BCUT2D eigenvalue weighted by Gasteiger charge is -2.16. The van der Waals surface area contributed by atoms with Gasteiger partial charge < -0.3 is 10.1 Å². The molecule has 5 heteroatoms. The number of carbonyl (C=O) groups excluding carboxylic acids is 1. The molecular formula is C21H26N2O2S. The minimum Gasteiger partial charge on any atom is -0.494 e. The Morgan fingerprint density at radius 2 is 1.96 bits per heavy atom. The summed E-state index contributed by atoms with van der Waals surface area (Å²) in [4.78, 5) is 15.7. The minimum absolute atomic E-state index is 0.107. The standard InChI is InChI=1S/C21H26N2O2S/c1-2-25-19-8-10-20(11-9-19)26-16-21(24)22-18-12-13-23(15-18)14-17-6-4-3-5-7-17/h3-11,18H,2,12-16H2,1H3,(H,22,24). The van der Waals surface area contributed by atoms with Gasteiger partial charge in [-0.1, -0.05) is 30.3 Å². The third-order valence-electron chi connectivity index (χ3n) is 4.39. The third-order valence-corrected chi connectivity index (χ3v) is 5.40. The number of nitrogens with zero attached hydrogens (tertiary/aromatic N) is 1. The molecular weight excluding hydrogens is 344 g/mol. The fraction of sp³-hybridized carbons (Fsp3) is 0.381. The molecule has 1 saturated heterocycles. The zero-order valence-electron chi connectivity index (χ0n) is 15.2. The quantitative estimate of drug-likeness (QED) is 0.722. The monoisotopic (exact) mass is 370 g/mol. The van der Waals surface area contributed by atoms with Gasteiger partial charge in [-0.25, -0.2) is 0 Å². The first-order valence-electron chi connectivity index (χ1n) is 9.14. The van der Waals surface area contributed by atoms with Crippen molar-refractivity contribution in [2.24, 2.45) is 0 Å². The number of thioether (sulfide) groups is 1. The normalized spacial score (nSPS) is 17.2. The number of benzene rings is 2. The molecule has 2 aromatic carbocycles. The van der Waals surface area contributed by atoms with Gasteiger partial charge >= 0.3 is 0 Å². The van der Waals surface area contributed by atoms with Crippen LogP contribution in [-0.2, 0) is 11.3 Å². The van der Waals surface area contributed by atoms with Crippen LogP contribution in [0.1, 0.15) is 18.9 Å². The molecule has 1 heterocycles. The zero-order chi connectivity index (χ0) is 18.2. The maximum absolute atomic E-state index is 12.2. The van der Waals surface area contributed by atoms with Crippen LogP contribution in [0, 0.1) is 0 Å². The molecule has 2 aromatic rings. The molecule has 1 aliphatic heterocycles. The number of nitrogens with one attached hydrogen (secondary N) is 1. The van der Waals surface area contributed by atoms with E-state index < -0.39 is 0 Å². The molecule has 0 spiro atoms. The van der Waals surface area contributed by atoms with Crippen LogP contribution >= 0.6 is 11.8 Å². The van der Waals surface area contributed by atoms with Crippen LogP contribution in [0.5, 0.6) is 5.75 Å². The van der Waals surface area contributed by atoms with Gasteiger partial charge in [0.15, 0.2) is 0 Å². The van der Waals surface area contributed by atoms with Crippen LogP contribution < -0.4 is 10.1 Å². The van der Waals surface area contributed by atoms with E-state index in [1.807, 2.05) is 37.3 Å². The first-order valence-corrected chi connectivity index (χ1v) is 10.1. The molecule has 26 heavy (non-hydrogen) atoms. The summed E-state index contributed by atoms with van der Waals surface area (Å²) in [5, 5.41) is 3.17. The average molecular weight is 371 g/mol. The minimum atomic E-state index is 0.107. The number of amides is 1. The Morgan fingerprint density at radius 1 is 1.19 bits per heavy atom. The van der Waals surface area contributed by atoms with Gasteiger partial charge in [-0.2, -0.15) is 0 Å². The maximum Gasteiger partial charge on any atom is 0.230 e. The highest BCUT2D eigenvalue weighted by atomic mass is 32.2. The molecule has 3 rings (SSSR count). The molecule has 0 bridgehead atoms. The zero-order valence-corrected chi connectivity index (χ0v) is 16.0. The lowest BCUT2D eigenvalue weighted by molar-refractivity contribution is -0.119. The molecule has 0 saturated carbocycles. The van der Waals surface area contributed by atoms with Crippen LogP contribution in [-0.4, -0.2) is 42.3 Å². The van der Waals surface area contributed by atoms with Gasteiger partial charge in [-0.05, 0) is 43.2 Å². The van der Waals surface area contributed by atoms with E-state index in [9.17, 15) is 4.79 Å². The molecule has 4 nitrogen and oxygen atoms in total. The van der Waals surface area contributed by atoms with E-state index in [0.717, 1.165) is 36.7 Å². The summed E-state index contributed by atoms with van der Waals surface area (Å²) in [5.74, 6) is 1.42. The van der Waals surface area contributed by atoms with Crippen molar-refractivity contribution in [2.75, 3.05) is 25.4 Å². The second-order valence-corrected chi connectivity index (χ2v) is 7.52. The molecule has 1 unspecified atom stereocenters. The predicted molar refractivity (Wildman–Crippen MR) is 107 cm³/mol. The first-order chi connectivity index (χ1) is 12.7. The van der Waals surface area contributed by atoms with Gasteiger partial charge in [-0.15, -0.1) is 11.8 Å². The van der Waals surface area contributed by atoms with Gasteiger partial charge in [0, 0.05) is 30.6 Å². The average Bonchev–Trinajstić information content (AvgIpc) is 3.09. The van der Waals surface area contributed by atoms with E-state index in [4.69, 9.17) is 4.74 Å². The van der Waals surface area contributed by atoms with Gasteiger partial charge in [-0.3, -0.25) is 9.69 Å². The Kier molecular flexibility index (Phi) is 6.97. The van der Waals surface area contributed by atoms with Crippen LogP contribution in [0.3, 0.4) is 0 Å². The van der Waals surface area contributed by atoms with Crippen LogP contribution in [0.25, 0.3) is 0 Å². The van der Waals surface area contributed by atoms with Gasteiger partial charge in [0.25, 0.3) is 0 Å². The largest absolute Gasteiger partial charge is 0.494 e. The molecule has 1 amide bonds. The highest BCUT2D eigenvalue weighted by Gasteiger charge is 2.23. The predicted octanol–water partition coefficient (Wildman–Crippen LogP) is 3.57. The molecule has 0 aromatic heterocycles. The maximum atomic E-state index is 12.2. The summed E-state index contributed by atoms with van der Waals surface area (Å²) in [6, 6.07) is 18.6. The SMILES string of the molecule is CCOc1ccc(SCC(=O)NC2CCN(Cc3ccccc3)C2)cc1. The van der Waals surface area contributed by atoms with Crippen LogP contribution in [0.2, 0.25) is 0 Å². The van der Waals surface area contributed by atoms with E-state index in [2.05, 4.69) is 34.5 Å². The lowest BCUT2D eigenvalue weighted by Crippen LogP contribution is -2.37. The van der Waals surface area contributed by atoms with Gasteiger partial charge in [0.2, 0.25) is 5.91 Å². The van der Waals surface area contributed by atoms with Crippen molar-refractivity contribution in [2.45, 2.75) is 30.8 Å². The fourth-order valence-corrected chi connectivity index (χ4v) is 3.86. The van der Waals surface area contributed by atoms with E-state index in [-0.39, 0.29) is 11.9 Å². The smallest absolute Gasteiger partial charge is 0.230 e. The number of carbonyl (C=O) groups is 1. The number of hydrogen-bond donors (Lipinski definition) is 1. The number of ether oxygens (including phenoxy) is 1. The Bertz CT molecular complexity index is 691. The van der Waals surface area contributed by atoms with Crippen molar-refractivity contribution in [3.63, 3.8) is 0 Å². The van der Waals surface area contributed by atoms with Crippen molar-refractivity contribution in [1.29, 1.82) is 0 Å². The van der Waals surface area contributed by atoms with Gasteiger partial charge in [0.05, 0.1) is 12.4 Å². The van der Waals surface area contributed by atoms with Gasteiger partial charge in [0.1, 0.15) is 5.75 Å². The molecule has 1 aliphatic rings. The molecule has 138 valence electrons. The van der Waals surface area contributed by atoms with E-state index >= 15 is 0 Å². The summed E-state index contributed by atoms with van der Waals surface area (Å²) >= 11 is 1.56. The highest BCUT2D eigenvalue weighted by Crippen LogP contribution is 2.21. The van der Waals surface area contributed by atoms with Crippen molar-refractivity contribution >= 4 is 17.7 Å². The Morgan fingerprint density at radius 3 is 2.69 bits per heavy atom. The highest BCUT2D eigenvalue weighted by molar-refractivity contribution is 8.00. The summed E-state index contributed by atoms with van der Waals surface area (Å²) in [6.45, 7) is 5.54. The van der Waals surface area contributed by atoms with Crippen molar-refractivity contribution in [3.05, 3.63) is 60.2 Å². The summed E-state index contributed by atoms with van der Waals surface area (Å²) in [5.41, 5.74) is 1.32. The summed E-state index contributed by atoms with van der Waals surface area (Å²) in [6.07, 6.45) is 1.02. The summed E-state index contributed by atoms with van der Waals surface area (Å²) in [7, 11) is 0. The fourth-order valence-electron chi connectivity index (χ4n) is 3.15. The van der Waals surface area contributed by atoms with Crippen molar-refractivity contribution < 1.29 is 9.53 Å². The van der Waals surface area contributed by atoms with Crippen LogP contribution in [0.15, 0.2) is 59.5 Å². The summed E-state index contributed by atoms with van der Waals surface area (Å²) < 4.78 is 5.43. The van der Waals surface area contributed by atoms with E-state index in [1.165, 1.54) is 5.56 Å². The Hall–Kier alpha value is -1.98. The van der Waals surface area contributed by atoms with E-state index in [1.54, 1.807) is 11.8 Å². The molecule has 1 atom stereocenters. The molecule has 0 radical (unpaired) electrons. The second-order valence-electron chi connectivity index (χ2n) is 6.47. The van der Waals surface area contributed by atoms with Crippen molar-refractivity contribution in [1.82, 2.24) is 10.2 Å². The molecule has 1 fully saturated rings. The lowest BCUT2D eigenvalue weighted by atomic mass is 10.2. The number of rotatable bonds is 8. The van der Waals surface area contributed by atoms with E-state index in [0.29, 0.717) is 12.4 Å². The number of likely N-dealkylation sites (tertiary alicyclic amines) is 1. The number of hydrogen-bond acceptors (Lipinski definition) is 4. The second kappa shape index (κ2) is 9.64. The molecule has 0 aliphatic carbocycles. The topological polar surface area (TPSA) is 41.6 Å². The Balaban J connectivity index is 1.38. The van der Waals surface area contributed by atoms with Crippen molar-refractivity contribution in [3.8, 4) is 5.75 Å². The third kappa shape index (κ3) is 5.78. The Labute approximate surface area is 159 Å². The van der Waals surface area contributed by atoms with Crippen LogP contribution in [0.4, 0.5) is 0 Å². The first kappa shape index (κ1) is 18.8. The molecule has 1 N–H and O–H groups in total.